The van der Waals surface area contributed by atoms with Crippen LogP contribution in [-0.2, 0) is 3.74 Å². The van der Waals surface area contributed by atoms with E-state index in [2.05, 4.69) is 0 Å². The fourth-order valence-corrected chi connectivity index (χ4v) is 5.25. The molecule has 0 aliphatic carbocycles. The van der Waals surface area contributed by atoms with Crippen LogP contribution in [0.4, 0.5) is 0 Å². The molecule has 0 rings (SSSR count). The minimum atomic E-state index is -3.33. The Morgan fingerprint density at radius 2 is 2.00 bits per heavy atom. The van der Waals surface area contributed by atoms with Crippen LogP contribution < -0.4 is 0 Å². The molecule has 0 fully saturated rings. The molecule has 0 amide bonds. The van der Waals surface area contributed by atoms with Crippen LogP contribution in [-0.4, -0.2) is 17.9 Å². The minimum absolute atomic E-state index is 0.363. The van der Waals surface area contributed by atoms with Crippen LogP contribution in [0.1, 0.15) is 27.2 Å². The van der Waals surface area contributed by atoms with Crippen LogP contribution in [0.15, 0.2) is 0 Å². The summed E-state index contributed by atoms with van der Waals surface area (Å²) >= 11 is -3.33. The summed E-state index contributed by atoms with van der Waals surface area (Å²) in [5.74, 6) is 0.363. The molecule has 0 radical (unpaired) electrons. The van der Waals surface area contributed by atoms with Crippen molar-refractivity contribution in [3.63, 3.8) is 0 Å². The van der Waals surface area contributed by atoms with Gasteiger partial charge in [-0.05, 0) is 0 Å². The maximum absolute atomic E-state index is 11.2. The van der Waals surface area contributed by atoms with E-state index in [4.69, 9.17) is 0 Å². The van der Waals surface area contributed by atoms with E-state index in [1.807, 2.05) is 20.8 Å². The van der Waals surface area contributed by atoms with Gasteiger partial charge in [-0.25, -0.2) is 0 Å². The number of rotatable bonds is 4. The molecular formula is C7H17AsO2. The van der Waals surface area contributed by atoms with Gasteiger partial charge in [-0.2, -0.15) is 0 Å². The van der Waals surface area contributed by atoms with Crippen molar-refractivity contribution < 1.29 is 7.84 Å². The Balaban J connectivity index is 3.75. The molecule has 0 aromatic rings. The summed E-state index contributed by atoms with van der Waals surface area (Å²) in [5.41, 5.74) is 0. The van der Waals surface area contributed by atoms with Crippen LogP contribution in [0.2, 0.25) is 10.4 Å². The number of hydrogen-bond donors (Lipinski definition) is 1. The van der Waals surface area contributed by atoms with Crippen molar-refractivity contribution in [3.8, 4) is 0 Å². The second-order valence-corrected chi connectivity index (χ2v) is 8.40. The first-order valence-corrected chi connectivity index (χ1v) is 8.04. The average Bonchev–Trinajstić information content (AvgIpc) is 1.59. The van der Waals surface area contributed by atoms with Crippen LogP contribution in [0.25, 0.3) is 0 Å². The molecule has 0 bridgehead atoms. The molecule has 0 saturated heterocycles. The monoisotopic (exact) mass is 208 g/mol. The molecule has 2 nitrogen and oxygen atoms in total. The zero-order valence-electron chi connectivity index (χ0n) is 7.00. The van der Waals surface area contributed by atoms with Gasteiger partial charge in [0.05, 0.1) is 0 Å². The van der Waals surface area contributed by atoms with E-state index < -0.39 is 13.8 Å². The summed E-state index contributed by atoms with van der Waals surface area (Å²) in [5, 5.41) is 1.07. The summed E-state index contributed by atoms with van der Waals surface area (Å²) in [4.78, 5) is 0. The molecule has 1 unspecified atom stereocenters. The molecule has 1 N–H and O–H groups in total. The van der Waals surface area contributed by atoms with Crippen molar-refractivity contribution >= 4 is 13.8 Å². The fourth-order valence-electron chi connectivity index (χ4n) is 1.01. The van der Waals surface area contributed by atoms with Crippen molar-refractivity contribution in [2.24, 2.45) is 5.92 Å². The van der Waals surface area contributed by atoms with Gasteiger partial charge in [0.25, 0.3) is 0 Å². The summed E-state index contributed by atoms with van der Waals surface area (Å²) < 4.78 is 20.5. The van der Waals surface area contributed by atoms with Gasteiger partial charge in [-0.1, -0.05) is 0 Å². The molecule has 0 aromatic carbocycles. The first-order chi connectivity index (χ1) is 4.48. The molecule has 0 aliphatic rings. The van der Waals surface area contributed by atoms with Crippen LogP contribution in [0.3, 0.4) is 0 Å². The van der Waals surface area contributed by atoms with Crippen molar-refractivity contribution in [1.29, 1.82) is 0 Å². The van der Waals surface area contributed by atoms with E-state index in [1.165, 1.54) is 0 Å². The Kier molecular flexibility index (Phi) is 4.38. The van der Waals surface area contributed by atoms with Crippen molar-refractivity contribution in [2.45, 2.75) is 37.6 Å². The van der Waals surface area contributed by atoms with Crippen LogP contribution in [0, 0.1) is 5.92 Å². The molecule has 62 valence electrons. The summed E-state index contributed by atoms with van der Waals surface area (Å²) in [7, 11) is 0. The van der Waals surface area contributed by atoms with Gasteiger partial charge in [-0.15, -0.1) is 0 Å². The summed E-state index contributed by atoms with van der Waals surface area (Å²) in [6.07, 6.45) is 0.833. The Hall–Kier alpha value is 0.318. The van der Waals surface area contributed by atoms with Gasteiger partial charge in [-0.3, -0.25) is 0 Å². The molecule has 0 saturated carbocycles. The Labute approximate surface area is 65.7 Å². The van der Waals surface area contributed by atoms with Gasteiger partial charge >= 0.3 is 65.2 Å². The Bertz CT molecular complexity index is 132. The summed E-state index contributed by atoms with van der Waals surface area (Å²) in [6.45, 7) is 5.92. The predicted molar refractivity (Wildman–Crippen MR) is 43.4 cm³/mol. The van der Waals surface area contributed by atoms with E-state index in [1.54, 1.807) is 0 Å². The van der Waals surface area contributed by atoms with E-state index >= 15 is 0 Å². The second kappa shape index (κ2) is 4.25. The molecule has 0 spiro atoms. The quantitative estimate of drug-likeness (QED) is 0.716. The zero-order valence-corrected chi connectivity index (χ0v) is 8.88. The zero-order chi connectivity index (χ0) is 8.20. The molecule has 3 heteroatoms. The molecule has 1 atom stereocenters. The van der Waals surface area contributed by atoms with Gasteiger partial charge in [0.2, 0.25) is 0 Å². The van der Waals surface area contributed by atoms with Crippen LogP contribution >= 0.6 is 0 Å². The maximum atomic E-state index is 11.2. The van der Waals surface area contributed by atoms with Gasteiger partial charge in [0, 0.05) is 0 Å². The third-order valence-corrected chi connectivity index (χ3v) is 6.36. The fraction of sp³-hybridized carbons (Fsp3) is 1.00. The topological polar surface area (TPSA) is 37.3 Å². The standard InChI is InChI=1S/C7H17AsO2/c1-4-5-8(9,10)6-7(2)3/h7H,4-6H2,1-3H3,(H,9,10). The average molecular weight is 208 g/mol. The van der Waals surface area contributed by atoms with E-state index in [0.717, 1.165) is 6.42 Å². The first-order valence-electron chi connectivity index (χ1n) is 3.79. The van der Waals surface area contributed by atoms with E-state index in [-0.39, 0.29) is 0 Å². The second-order valence-electron chi connectivity index (χ2n) is 3.15. The van der Waals surface area contributed by atoms with Crippen molar-refractivity contribution in [2.75, 3.05) is 0 Å². The third kappa shape index (κ3) is 5.13. The van der Waals surface area contributed by atoms with E-state index in [0.29, 0.717) is 16.3 Å². The normalized spacial score (nSPS) is 17.3. The molecule has 10 heavy (non-hydrogen) atoms. The predicted octanol–water partition coefficient (Wildman–Crippen LogP) is 1.92. The van der Waals surface area contributed by atoms with Crippen LogP contribution in [0.5, 0.6) is 0 Å². The van der Waals surface area contributed by atoms with Gasteiger partial charge < -0.3 is 0 Å². The first kappa shape index (κ1) is 10.3. The Morgan fingerprint density at radius 1 is 1.50 bits per heavy atom. The summed E-state index contributed by atoms with van der Waals surface area (Å²) in [6, 6.07) is 0. The van der Waals surface area contributed by atoms with Gasteiger partial charge in [0.1, 0.15) is 0 Å². The van der Waals surface area contributed by atoms with Crippen molar-refractivity contribution in [3.05, 3.63) is 0 Å². The van der Waals surface area contributed by atoms with Crippen molar-refractivity contribution in [1.82, 2.24) is 0 Å². The van der Waals surface area contributed by atoms with E-state index in [9.17, 15) is 7.84 Å². The molecule has 0 heterocycles. The molecular weight excluding hydrogens is 191 g/mol. The Morgan fingerprint density at radius 3 is 2.30 bits per heavy atom. The molecule has 0 aliphatic heterocycles. The van der Waals surface area contributed by atoms with Gasteiger partial charge in [0.15, 0.2) is 0 Å². The number of hydrogen-bond acceptors (Lipinski definition) is 1. The SMILES string of the molecule is CCC[As](=O)(O)CC(C)C. The molecule has 0 aromatic heterocycles. The third-order valence-electron chi connectivity index (χ3n) is 1.22.